The van der Waals surface area contributed by atoms with Crippen LogP contribution in [0.2, 0.25) is 0 Å². The van der Waals surface area contributed by atoms with Crippen molar-refractivity contribution in [2.45, 2.75) is 6.61 Å². The molecule has 0 saturated heterocycles. The minimum Gasteiger partial charge on any atom is -0.508 e. The van der Waals surface area contributed by atoms with Crippen LogP contribution >= 0.6 is 22.7 Å². The third kappa shape index (κ3) is 3.29. The first kappa shape index (κ1) is 13.8. The zero-order valence-electron chi connectivity index (χ0n) is 10.9. The van der Waals surface area contributed by atoms with Gasteiger partial charge in [0.2, 0.25) is 0 Å². The second kappa shape index (κ2) is 6.07. The Morgan fingerprint density at radius 1 is 1.19 bits per heavy atom. The Bertz CT molecular complexity index is 733. The van der Waals surface area contributed by atoms with Crippen molar-refractivity contribution in [3.63, 3.8) is 0 Å². The normalized spacial score (nSPS) is 10.5. The first-order chi connectivity index (χ1) is 10.2. The molecule has 106 valence electrons. The van der Waals surface area contributed by atoms with Crippen molar-refractivity contribution in [2.75, 3.05) is 0 Å². The maximum atomic E-state index is 11.8. The second-order valence-corrected chi connectivity index (χ2v) is 5.92. The van der Waals surface area contributed by atoms with Crippen LogP contribution in [0.15, 0.2) is 46.5 Å². The lowest BCUT2D eigenvalue weighted by molar-refractivity contribution is 0.0468. The Hall–Kier alpha value is -2.18. The standard InChI is InChI=1S/C15H11NO3S2/c17-13-3-1-10(2-4-13)15(18)19-7-12-9-21-14(16-12)11-5-6-20-8-11/h1-6,8-9,17H,7H2. The van der Waals surface area contributed by atoms with Gasteiger partial charge in [0.25, 0.3) is 0 Å². The lowest BCUT2D eigenvalue weighted by atomic mass is 10.2. The highest BCUT2D eigenvalue weighted by Gasteiger charge is 2.10. The van der Waals surface area contributed by atoms with Crippen molar-refractivity contribution < 1.29 is 14.6 Å². The van der Waals surface area contributed by atoms with Gasteiger partial charge in [-0.05, 0) is 35.7 Å². The molecule has 1 N–H and O–H groups in total. The van der Waals surface area contributed by atoms with Gasteiger partial charge in [-0.15, -0.1) is 11.3 Å². The number of thiophene rings is 1. The molecule has 2 heterocycles. The number of hydrogen-bond donors (Lipinski definition) is 1. The molecule has 6 heteroatoms. The summed E-state index contributed by atoms with van der Waals surface area (Å²) in [4.78, 5) is 16.3. The molecular weight excluding hydrogens is 306 g/mol. The number of aromatic nitrogens is 1. The number of thiazole rings is 1. The number of esters is 1. The molecule has 0 aliphatic rings. The number of phenols is 1. The van der Waals surface area contributed by atoms with Gasteiger partial charge in [0.1, 0.15) is 17.4 Å². The molecular formula is C15H11NO3S2. The summed E-state index contributed by atoms with van der Waals surface area (Å²) in [5, 5.41) is 16.0. The zero-order chi connectivity index (χ0) is 14.7. The van der Waals surface area contributed by atoms with Gasteiger partial charge in [-0.25, -0.2) is 9.78 Å². The lowest BCUT2D eigenvalue weighted by Gasteiger charge is -2.02. The first-order valence-corrected chi connectivity index (χ1v) is 7.98. The molecule has 0 fully saturated rings. The molecule has 21 heavy (non-hydrogen) atoms. The Balaban J connectivity index is 1.62. The van der Waals surface area contributed by atoms with Crippen molar-refractivity contribution in [1.29, 1.82) is 0 Å². The molecule has 0 atom stereocenters. The average molecular weight is 317 g/mol. The SMILES string of the molecule is O=C(OCc1csc(-c2ccsc2)n1)c1ccc(O)cc1. The predicted molar refractivity (Wildman–Crippen MR) is 82.7 cm³/mol. The summed E-state index contributed by atoms with van der Waals surface area (Å²) < 4.78 is 5.21. The summed E-state index contributed by atoms with van der Waals surface area (Å²) in [5.74, 6) is -0.313. The third-order valence-corrected chi connectivity index (χ3v) is 4.40. The average Bonchev–Trinajstić information content (AvgIpc) is 3.16. The number of aromatic hydroxyl groups is 1. The predicted octanol–water partition coefficient (Wildman–Crippen LogP) is 3.93. The maximum absolute atomic E-state index is 11.8. The van der Waals surface area contributed by atoms with Crippen LogP contribution in [0.3, 0.4) is 0 Å². The molecule has 0 aliphatic carbocycles. The molecule has 3 aromatic rings. The highest BCUT2D eigenvalue weighted by atomic mass is 32.1. The van der Waals surface area contributed by atoms with E-state index in [-0.39, 0.29) is 12.4 Å². The van der Waals surface area contributed by atoms with Gasteiger partial charge >= 0.3 is 5.97 Å². The number of carbonyl (C=O) groups excluding carboxylic acids is 1. The van der Waals surface area contributed by atoms with E-state index >= 15 is 0 Å². The number of benzene rings is 1. The molecule has 0 unspecified atom stereocenters. The van der Waals surface area contributed by atoms with E-state index in [1.165, 1.54) is 35.6 Å². The number of nitrogens with zero attached hydrogens (tertiary/aromatic N) is 1. The van der Waals surface area contributed by atoms with Crippen LogP contribution in [-0.2, 0) is 11.3 Å². The Morgan fingerprint density at radius 2 is 2.00 bits per heavy atom. The Morgan fingerprint density at radius 3 is 2.71 bits per heavy atom. The molecule has 2 aromatic heterocycles. The van der Waals surface area contributed by atoms with Crippen molar-refractivity contribution in [3.05, 3.63) is 57.7 Å². The van der Waals surface area contributed by atoms with Crippen molar-refractivity contribution in [1.82, 2.24) is 4.98 Å². The van der Waals surface area contributed by atoms with Gasteiger partial charge in [0.05, 0.1) is 11.3 Å². The number of phenolic OH excluding ortho intramolecular Hbond substituents is 1. The minimum absolute atomic E-state index is 0.117. The van der Waals surface area contributed by atoms with Crippen LogP contribution < -0.4 is 0 Å². The van der Waals surface area contributed by atoms with E-state index in [1.807, 2.05) is 22.2 Å². The number of carbonyl (C=O) groups is 1. The summed E-state index contributed by atoms with van der Waals surface area (Å²) in [6.45, 7) is 0.139. The molecule has 0 saturated carbocycles. The van der Waals surface area contributed by atoms with E-state index in [9.17, 15) is 9.90 Å². The third-order valence-electron chi connectivity index (χ3n) is 2.77. The topological polar surface area (TPSA) is 59.4 Å². The summed E-state index contributed by atoms with van der Waals surface area (Å²) in [7, 11) is 0. The van der Waals surface area contributed by atoms with E-state index in [2.05, 4.69) is 4.98 Å². The Labute approximate surface area is 129 Å². The molecule has 0 spiro atoms. The van der Waals surface area contributed by atoms with Gasteiger partial charge in [0, 0.05) is 16.3 Å². The summed E-state index contributed by atoms with van der Waals surface area (Å²) in [6.07, 6.45) is 0. The number of rotatable bonds is 4. The van der Waals surface area contributed by atoms with Crippen LogP contribution in [0.1, 0.15) is 16.1 Å². The highest BCUT2D eigenvalue weighted by Crippen LogP contribution is 2.26. The van der Waals surface area contributed by atoms with Crippen LogP contribution in [0.25, 0.3) is 10.6 Å². The highest BCUT2D eigenvalue weighted by molar-refractivity contribution is 7.14. The maximum Gasteiger partial charge on any atom is 0.338 e. The van der Waals surface area contributed by atoms with Gasteiger partial charge in [-0.2, -0.15) is 11.3 Å². The quantitative estimate of drug-likeness (QED) is 0.741. The van der Waals surface area contributed by atoms with Crippen LogP contribution in [-0.4, -0.2) is 16.1 Å². The van der Waals surface area contributed by atoms with Gasteiger partial charge in [0.15, 0.2) is 0 Å². The van der Waals surface area contributed by atoms with E-state index in [1.54, 1.807) is 11.3 Å². The smallest absolute Gasteiger partial charge is 0.338 e. The van der Waals surface area contributed by atoms with Crippen LogP contribution in [0.4, 0.5) is 0 Å². The fourth-order valence-electron chi connectivity index (χ4n) is 1.71. The van der Waals surface area contributed by atoms with Gasteiger partial charge in [-0.1, -0.05) is 0 Å². The molecule has 3 rings (SSSR count). The van der Waals surface area contributed by atoms with E-state index < -0.39 is 5.97 Å². The molecule has 0 radical (unpaired) electrons. The first-order valence-electron chi connectivity index (χ1n) is 6.15. The van der Waals surface area contributed by atoms with Gasteiger partial charge in [-0.3, -0.25) is 0 Å². The van der Waals surface area contributed by atoms with Crippen molar-refractivity contribution in [2.24, 2.45) is 0 Å². The lowest BCUT2D eigenvalue weighted by Crippen LogP contribution is -2.05. The zero-order valence-corrected chi connectivity index (χ0v) is 12.5. The number of ether oxygens (including phenoxy) is 1. The van der Waals surface area contributed by atoms with E-state index in [0.29, 0.717) is 5.56 Å². The summed E-state index contributed by atoms with van der Waals surface area (Å²) in [5.41, 5.74) is 2.22. The van der Waals surface area contributed by atoms with Crippen LogP contribution in [0, 0.1) is 0 Å². The minimum atomic E-state index is -0.430. The largest absolute Gasteiger partial charge is 0.508 e. The molecule has 4 nitrogen and oxygen atoms in total. The molecule has 0 aliphatic heterocycles. The summed E-state index contributed by atoms with van der Waals surface area (Å²) in [6, 6.07) is 7.96. The van der Waals surface area contributed by atoms with E-state index in [0.717, 1.165) is 16.3 Å². The van der Waals surface area contributed by atoms with E-state index in [4.69, 9.17) is 4.74 Å². The molecule has 0 amide bonds. The Kier molecular flexibility index (Phi) is 3.98. The van der Waals surface area contributed by atoms with Gasteiger partial charge < -0.3 is 9.84 Å². The monoisotopic (exact) mass is 317 g/mol. The van der Waals surface area contributed by atoms with Crippen LogP contribution in [0.5, 0.6) is 5.75 Å². The fraction of sp³-hybridized carbons (Fsp3) is 0.0667. The summed E-state index contributed by atoms with van der Waals surface area (Å²) >= 11 is 3.15. The van der Waals surface area contributed by atoms with Crippen molar-refractivity contribution >= 4 is 28.6 Å². The molecule has 0 bridgehead atoms. The van der Waals surface area contributed by atoms with Crippen molar-refractivity contribution in [3.8, 4) is 16.3 Å². The second-order valence-electron chi connectivity index (χ2n) is 4.28. The fourth-order valence-corrected chi connectivity index (χ4v) is 3.23. The number of hydrogen-bond acceptors (Lipinski definition) is 6. The molecule has 1 aromatic carbocycles.